The van der Waals surface area contributed by atoms with Gasteiger partial charge in [-0.05, 0) is 25.5 Å². The van der Waals surface area contributed by atoms with Gasteiger partial charge in [0.25, 0.3) is 11.2 Å². The number of nitro benzene ring substituents is 1. The molecule has 0 aliphatic carbocycles. The van der Waals surface area contributed by atoms with Crippen LogP contribution in [0.15, 0.2) is 33.2 Å². The average molecular weight is 409 g/mol. The first-order valence-electron chi connectivity index (χ1n) is 8.16. The van der Waals surface area contributed by atoms with Crippen LogP contribution >= 0.6 is 0 Å². The summed E-state index contributed by atoms with van der Waals surface area (Å²) < 4.78 is 40.1. The van der Waals surface area contributed by atoms with Crippen LogP contribution in [0.2, 0.25) is 0 Å². The number of hydrogen-bond donors (Lipinski definition) is 1. The number of halogens is 3. The van der Waals surface area contributed by atoms with E-state index in [4.69, 9.17) is 0 Å². The van der Waals surface area contributed by atoms with Crippen molar-refractivity contribution in [1.82, 2.24) is 4.57 Å². The van der Waals surface area contributed by atoms with Crippen molar-refractivity contribution in [3.05, 3.63) is 55.4 Å². The summed E-state index contributed by atoms with van der Waals surface area (Å²) in [7, 11) is 0. The van der Waals surface area contributed by atoms with Crippen LogP contribution in [0.1, 0.15) is 30.0 Å². The molecule has 0 bridgehead atoms. The van der Waals surface area contributed by atoms with Crippen LogP contribution < -0.4 is 5.56 Å². The van der Waals surface area contributed by atoms with Gasteiger partial charge < -0.3 is 5.11 Å². The van der Waals surface area contributed by atoms with Gasteiger partial charge in [0.05, 0.1) is 10.6 Å². The number of rotatable bonds is 5. The topological polar surface area (TPSA) is 134 Å². The van der Waals surface area contributed by atoms with Crippen LogP contribution in [0.4, 0.5) is 30.2 Å². The van der Waals surface area contributed by atoms with Gasteiger partial charge in [0, 0.05) is 18.2 Å². The van der Waals surface area contributed by atoms with Crippen LogP contribution in [-0.2, 0) is 12.7 Å². The third-order valence-electron chi connectivity index (χ3n) is 3.96. The summed E-state index contributed by atoms with van der Waals surface area (Å²) in [6, 6.07) is 3.76. The molecule has 152 valence electrons. The fourth-order valence-electron chi connectivity index (χ4n) is 2.57. The number of aromatic hydroxyl groups is 1. The van der Waals surface area contributed by atoms with Gasteiger partial charge in [0.1, 0.15) is 17.2 Å². The van der Waals surface area contributed by atoms with Crippen molar-refractivity contribution in [3.8, 4) is 11.9 Å². The predicted octanol–water partition coefficient (Wildman–Crippen LogP) is 4.49. The number of nitro groups is 1. The minimum absolute atomic E-state index is 0.00376. The molecule has 12 heteroatoms. The minimum Gasteiger partial charge on any atom is -0.493 e. The Hall–Kier alpha value is -3.75. The van der Waals surface area contributed by atoms with E-state index < -0.39 is 33.8 Å². The monoisotopic (exact) mass is 409 g/mol. The number of nitrogens with zero attached hydrogens (tertiary/aromatic N) is 5. The van der Waals surface area contributed by atoms with E-state index in [9.17, 15) is 38.4 Å². The molecule has 2 rings (SSSR count). The third-order valence-corrected chi connectivity index (χ3v) is 3.96. The average Bonchev–Trinajstić information content (AvgIpc) is 2.64. The van der Waals surface area contributed by atoms with Gasteiger partial charge in [-0.3, -0.25) is 19.5 Å². The number of aromatic nitrogens is 1. The Morgan fingerprint density at radius 1 is 1.34 bits per heavy atom. The predicted molar refractivity (Wildman–Crippen MR) is 94.4 cm³/mol. The molecule has 0 atom stereocenters. The smallest absolute Gasteiger partial charge is 0.423 e. The zero-order valence-electron chi connectivity index (χ0n) is 15.2. The number of azo groups is 1. The SMILES string of the molecule is CCCn1c(O)c(C#N)c(C)c(N=Nc2ccc([N+](=O)[O-])c(C(F)(F)F)c2)c1=O. The highest BCUT2D eigenvalue weighted by Crippen LogP contribution is 2.38. The summed E-state index contributed by atoms with van der Waals surface area (Å²) in [5, 5.41) is 37.3. The summed E-state index contributed by atoms with van der Waals surface area (Å²) in [6.07, 6.45) is -4.54. The number of benzene rings is 1. The Morgan fingerprint density at radius 3 is 2.52 bits per heavy atom. The molecule has 0 fully saturated rings. The highest BCUT2D eigenvalue weighted by Gasteiger charge is 2.38. The Morgan fingerprint density at radius 2 is 2.00 bits per heavy atom. The van der Waals surface area contributed by atoms with E-state index in [1.54, 1.807) is 13.0 Å². The van der Waals surface area contributed by atoms with Crippen molar-refractivity contribution >= 4 is 17.1 Å². The largest absolute Gasteiger partial charge is 0.493 e. The molecule has 0 saturated heterocycles. The summed E-state index contributed by atoms with van der Waals surface area (Å²) in [6.45, 7) is 3.15. The van der Waals surface area contributed by atoms with Crippen LogP contribution in [-0.4, -0.2) is 14.6 Å². The van der Waals surface area contributed by atoms with Crippen LogP contribution in [0.3, 0.4) is 0 Å². The van der Waals surface area contributed by atoms with E-state index in [2.05, 4.69) is 10.2 Å². The second-order valence-corrected chi connectivity index (χ2v) is 5.90. The maximum atomic E-state index is 13.1. The Bertz CT molecular complexity index is 1100. The Labute approximate surface area is 161 Å². The van der Waals surface area contributed by atoms with E-state index in [0.29, 0.717) is 18.6 Å². The Kier molecular flexibility index (Phi) is 6.01. The number of nitriles is 1. The first-order chi connectivity index (χ1) is 13.5. The van der Waals surface area contributed by atoms with Crippen molar-refractivity contribution in [3.63, 3.8) is 0 Å². The van der Waals surface area contributed by atoms with Gasteiger partial charge in [-0.15, -0.1) is 5.11 Å². The molecule has 2 aromatic rings. The van der Waals surface area contributed by atoms with Gasteiger partial charge in [0.2, 0.25) is 5.88 Å². The van der Waals surface area contributed by atoms with Gasteiger partial charge in [-0.25, -0.2) is 0 Å². The van der Waals surface area contributed by atoms with E-state index >= 15 is 0 Å². The van der Waals surface area contributed by atoms with Crippen LogP contribution in [0.5, 0.6) is 5.88 Å². The fourth-order valence-corrected chi connectivity index (χ4v) is 2.57. The lowest BCUT2D eigenvalue weighted by molar-refractivity contribution is -0.388. The van der Waals surface area contributed by atoms with Gasteiger partial charge >= 0.3 is 6.18 Å². The standard InChI is InChI=1S/C17H14F3N5O4/c1-3-6-24-15(26)11(8-21)9(2)14(16(24)27)23-22-10-4-5-13(25(28)29)12(7-10)17(18,19)20/h4-5,7,26H,3,6H2,1-2H3. The second-order valence-electron chi connectivity index (χ2n) is 5.90. The summed E-state index contributed by atoms with van der Waals surface area (Å²) in [5.41, 5.74) is -4.36. The van der Waals surface area contributed by atoms with Crippen molar-refractivity contribution < 1.29 is 23.2 Å². The fraction of sp³-hybridized carbons (Fsp3) is 0.294. The molecule has 1 aromatic heterocycles. The quantitative estimate of drug-likeness (QED) is 0.441. The molecule has 0 amide bonds. The van der Waals surface area contributed by atoms with Crippen molar-refractivity contribution in [2.24, 2.45) is 10.2 Å². The molecule has 0 aliphatic heterocycles. The maximum absolute atomic E-state index is 13.1. The van der Waals surface area contributed by atoms with Crippen molar-refractivity contribution in [2.75, 3.05) is 0 Å². The molecular formula is C17H14F3N5O4. The van der Waals surface area contributed by atoms with Gasteiger partial charge in [-0.2, -0.15) is 23.5 Å². The summed E-state index contributed by atoms with van der Waals surface area (Å²) in [5.74, 6) is -0.537. The molecule has 0 spiro atoms. The second kappa shape index (κ2) is 8.09. The molecule has 0 aliphatic rings. The van der Waals surface area contributed by atoms with Gasteiger partial charge in [-0.1, -0.05) is 6.92 Å². The zero-order valence-corrected chi connectivity index (χ0v) is 15.2. The highest BCUT2D eigenvalue weighted by atomic mass is 19.4. The highest BCUT2D eigenvalue weighted by molar-refractivity contribution is 5.57. The Balaban J connectivity index is 2.63. The first-order valence-corrected chi connectivity index (χ1v) is 8.16. The minimum atomic E-state index is -5.00. The molecule has 9 nitrogen and oxygen atoms in total. The normalized spacial score (nSPS) is 11.6. The number of alkyl halides is 3. The lowest BCUT2D eigenvalue weighted by Gasteiger charge is -2.12. The van der Waals surface area contributed by atoms with Crippen molar-refractivity contribution in [2.45, 2.75) is 33.0 Å². The van der Waals surface area contributed by atoms with Crippen LogP contribution in [0.25, 0.3) is 0 Å². The molecule has 0 radical (unpaired) electrons. The molecule has 0 unspecified atom stereocenters. The summed E-state index contributed by atoms with van der Waals surface area (Å²) in [4.78, 5) is 22.2. The molecule has 1 aromatic carbocycles. The molecule has 1 heterocycles. The third kappa shape index (κ3) is 4.23. The zero-order chi connectivity index (χ0) is 21.9. The molecule has 1 N–H and O–H groups in total. The number of hydrogen-bond acceptors (Lipinski definition) is 7. The molecule has 0 saturated carbocycles. The van der Waals surface area contributed by atoms with Crippen molar-refractivity contribution in [1.29, 1.82) is 5.26 Å². The van der Waals surface area contributed by atoms with Gasteiger partial charge in [0.15, 0.2) is 5.69 Å². The lowest BCUT2D eigenvalue weighted by atomic mass is 10.1. The maximum Gasteiger partial charge on any atom is 0.423 e. The number of pyridine rings is 1. The molecule has 29 heavy (non-hydrogen) atoms. The summed E-state index contributed by atoms with van der Waals surface area (Å²) >= 11 is 0. The van der Waals surface area contributed by atoms with E-state index in [-0.39, 0.29) is 29.0 Å². The van der Waals surface area contributed by atoms with E-state index in [0.717, 1.165) is 10.6 Å². The first kappa shape index (κ1) is 21.5. The van der Waals surface area contributed by atoms with E-state index in [1.165, 1.54) is 6.92 Å². The van der Waals surface area contributed by atoms with E-state index in [1.807, 2.05) is 0 Å². The van der Waals surface area contributed by atoms with Crippen LogP contribution in [0, 0.1) is 28.4 Å². The molecular weight excluding hydrogens is 395 g/mol. The lowest BCUT2D eigenvalue weighted by Crippen LogP contribution is -2.21.